The van der Waals surface area contributed by atoms with E-state index in [-0.39, 0.29) is 6.42 Å². The maximum Gasteiger partial charge on any atom is 0.303 e. The molecular formula is C15H23NO2. The maximum atomic E-state index is 10.3. The molecule has 1 aromatic carbocycles. The van der Waals surface area contributed by atoms with Crippen LogP contribution in [0.25, 0.3) is 0 Å². The molecule has 2 N–H and O–H groups in total. The summed E-state index contributed by atoms with van der Waals surface area (Å²) in [5.74, 6) is -0.698. The zero-order valence-electron chi connectivity index (χ0n) is 11.3. The van der Waals surface area contributed by atoms with E-state index >= 15 is 0 Å². The minimum absolute atomic E-state index is 0.285. The van der Waals surface area contributed by atoms with Gasteiger partial charge < -0.3 is 10.4 Å². The van der Waals surface area contributed by atoms with Crippen molar-refractivity contribution in [2.75, 3.05) is 6.54 Å². The minimum Gasteiger partial charge on any atom is -0.481 e. The van der Waals surface area contributed by atoms with Gasteiger partial charge in [0.2, 0.25) is 0 Å². The molecule has 0 heterocycles. The van der Waals surface area contributed by atoms with E-state index in [0.29, 0.717) is 6.04 Å². The van der Waals surface area contributed by atoms with Crippen LogP contribution in [0.15, 0.2) is 24.3 Å². The molecule has 1 atom stereocenters. The van der Waals surface area contributed by atoms with Crippen molar-refractivity contribution < 1.29 is 9.90 Å². The zero-order valence-corrected chi connectivity index (χ0v) is 11.3. The number of rotatable bonds is 8. The standard InChI is InChI=1S/C15H23NO2/c1-12-8-5-6-9-14(12)13(2)16-11-7-3-4-10-15(17)18/h5-6,8-9,13,16H,3-4,7,10-11H2,1-2H3,(H,17,18). The Labute approximate surface area is 109 Å². The molecule has 0 radical (unpaired) electrons. The third-order valence-corrected chi connectivity index (χ3v) is 3.17. The second-order valence-electron chi connectivity index (χ2n) is 4.74. The van der Waals surface area contributed by atoms with Crippen molar-refractivity contribution in [3.05, 3.63) is 35.4 Å². The van der Waals surface area contributed by atoms with Gasteiger partial charge in [-0.25, -0.2) is 0 Å². The SMILES string of the molecule is Cc1ccccc1C(C)NCCCCCC(=O)O. The molecule has 0 saturated heterocycles. The lowest BCUT2D eigenvalue weighted by atomic mass is 10.0. The summed E-state index contributed by atoms with van der Waals surface area (Å²) in [6.07, 6.45) is 3.06. The average molecular weight is 249 g/mol. The highest BCUT2D eigenvalue weighted by molar-refractivity contribution is 5.66. The first-order chi connectivity index (χ1) is 8.61. The number of carboxylic acid groups (broad SMARTS) is 1. The van der Waals surface area contributed by atoms with Gasteiger partial charge in [0.1, 0.15) is 0 Å². The van der Waals surface area contributed by atoms with Gasteiger partial charge in [-0.05, 0) is 44.4 Å². The van der Waals surface area contributed by atoms with Gasteiger partial charge in [0, 0.05) is 12.5 Å². The molecule has 1 aromatic rings. The topological polar surface area (TPSA) is 49.3 Å². The van der Waals surface area contributed by atoms with Gasteiger partial charge in [-0.1, -0.05) is 30.7 Å². The molecule has 18 heavy (non-hydrogen) atoms. The van der Waals surface area contributed by atoms with Crippen molar-refractivity contribution >= 4 is 5.97 Å². The van der Waals surface area contributed by atoms with E-state index in [1.165, 1.54) is 11.1 Å². The summed E-state index contributed by atoms with van der Waals surface area (Å²) in [5.41, 5.74) is 2.64. The van der Waals surface area contributed by atoms with Gasteiger partial charge in [0.25, 0.3) is 0 Å². The fraction of sp³-hybridized carbons (Fsp3) is 0.533. The molecule has 0 aliphatic heterocycles. The number of hydrogen-bond donors (Lipinski definition) is 2. The molecule has 0 aliphatic rings. The van der Waals surface area contributed by atoms with E-state index in [2.05, 4.69) is 43.4 Å². The van der Waals surface area contributed by atoms with Crippen LogP contribution in [0.4, 0.5) is 0 Å². The number of nitrogens with one attached hydrogen (secondary N) is 1. The van der Waals surface area contributed by atoms with Gasteiger partial charge in [-0.3, -0.25) is 4.79 Å². The van der Waals surface area contributed by atoms with Crippen LogP contribution in [-0.4, -0.2) is 17.6 Å². The number of unbranched alkanes of at least 4 members (excludes halogenated alkanes) is 2. The van der Waals surface area contributed by atoms with Gasteiger partial charge in [-0.15, -0.1) is 0 Å². The Kier molecular flexibility index (Phi) is 6.44. The second kappa shape index (κ2) is 7.88. The fourth-order valence-corrected chi connectivity index (χ4v) is 2.08. The molecule has 100 valence electrons. The van der Waals surface area contributed by atoms with Gasteiger partial charge >= 0.3 is 5.97 Å². The third kappa shape index (κ3) is 5.32. The lowest BCUT2D eigenvalue weighted by molar-refractivity contribution is -0.137. The Bertz CT molecular complexity index is 377. The predicted octanol–water partition coefficient (Wildman–Crippen LogP) is 3.29. The van der Waals surface area contributed by atoms with Crippen molar-refractivity contribution in [3.63, 3.8) is 0 Å². The molecule has 0 aromatic heterocycles. The first-order valence-corrected chi connectivity index (χ1v) is 6.62. The third-order valence-electron chi connectivity index (χ3n) is 3.17. The average Bonchev–Trinajstić information content (AvgIpc) is 2.33. The summed E-state index contributed by atoms with van der Waals surface area (Å²) in [5, 5.41) is 12.0. The van der Waals surface area contributed by atoms with Crippen LogP contribution in [0.2, 0.25) is 0 Å². The van der Waals surface area contributed by atoms with Crippen LogP contribution in [0, 0.1) is 6.92 Å². The Morgan fingerprint density at radius 2 is 2.00 bits per heavy atom. The zero-order chi connectivity index (χ0) is 13.4. The smallest absolute Gasteiger partial charge is 0.303 e. The molecule has 0 saturated carbocycles. The van der Waals surface area contributed by atoms with Crippen LogP contribution in [-0.2, 0) is 4.79 Å². The highest BCUT2D eigenvalue weighted by atomic mass is 16.4. The molecule has 3 nitrogen and oxygen atoms in total. The van der Waals surface area contributed by atoms with Crippen molar-refractivity contribution in [3.8, 4) is 0 Å². The highest BCUT2D eigenvalue weighted by Crippen LogP contribution is 2.16. The van der Waals surface area contributed by atoms with E-state index < -0.39 is 5.97 Å². The van der Waals surface area contributed by atoms with Crippen LogP contribution >= 0.6 is 0 Å². The quantitative estimate of drug-likeness (QED) is 0.695. The van der Waals surface area contributed by atoms with Crippen LogP contribution in [0.1, 0.15) is 49.8 Å². The number of aliphatic carboxylic acids is 1. The first kappa shape index (κ1) is 14.7. The summed E-state index contributed by atoms with van der Waals surface area (Å²) >= 11 is 0. The van der Waals surface area contributed by atoms with E-state index in [0.717, 1.165) is 25.8 Å². The van der Waals surface area contributed by atoms with Crippen LogP contribution in [0.3, 0.4) is 0 Å². The summed E-state index contributed by atoms with van der Waals surface area (Å²) in [4.78, 5) is 10.3. The van der Waals surface area contributed by atoms with Crippen molar-refractivity contribution in [1.29, 1.82) is 0 Å². The molecule has 0 spiro atoms. The second-order valence-corrected chi connectivity index (χ2v) is 4.74. The van der Waals surface area contributed by atoms with E-state index in [4.69, 9.17) is 5.11 Å². The molecule has 0 aliphatic carbocycles. The molecule has 0 amide bonds. The molecule has 0 fully saturated rings. The lowest BCUT2D eigenvalue weighted by Gasteiger charge is -2.16. The minimum atomic E-state index is -0.698. The van der Waals surface area contributed by atoms with Gasteiger partial charge in [0.05, 0.1) is 0 Å². The van der Waals surface area contributed by atoms with E-state index in [1.54, 1.807) is 0 Å². The first-order valence-electron chi connectivity index (χ1n) is 6.62. The number of carbonyl (C=O) groups is 1. The monoisotopic (exact) mass is 249 g/mol. The van der Waals surface area contributed by atoms with Crippen LogP contribution in [0.5, 0.6) is 0 Å². The summed E-state index contributed by atoms with van der Waals surface area (Å²) in [6, 6.07) is 8.74. The predicted molar refractivity (Wildman–Crippen MR) is 73.7 cm³/mol. The normalized spacial score (nSPS) is 12.3. The highest BCUT2D eigenvalue weighted by Gasteiger charge is 2.06. The molecule has 1 unspecified atom stereocenters. The number of benzene rings is 1. The molecule has 1 rings (SSSR count). The molecule has 3 heteroatoms. The number of carboxylic acids is 1. The van der Waals surface area contributed by atoms with E-state index in [1.807, 2.05) is 0 Å². The van der Waals surface area contributed by atoms with Crippen molar-refractivity contribution in [1.82, 2.24) is 5.32 Å². The summed E-state index contributed by atoms with van der Waals surface area (Å²) in [6.45, 7) is 5.23. The Balaban J connectivity index is 2.20. The van der Waals surface area contributed by atoms with Crippen LogP contribution < -0.4 is 5.32 Å². The summed E-state index contributed by atoms with van der Waals surface area (Å²) < 4.78 is 0. The number of hydrogen-bond acceptors (Lipinski definition) is 2. The lowest BCUT2D eigenvalue weighted by Crippen LogP contribution is -2.20. The summed E-state index contributed by atoms with van der Waals surface area (Å²) in [7, 11) is 0. The Morgan fingerprint density at radius 3 is 2.67 bits per heavy atom. The van der Waals surface area contributed by atoms with E-state index in [9.17, 15) is 4.79 Å². The molecule has 0 bridgehead atoms. The van der Waals surface area contributed by atoms with Gasteiger partial charge in [-0.2, -0.15) is 0 Å². The molecular weight excluding hydrogens is 226 g/mol. The largest absolute Gasteiger partial charge is 0.481 e. The Hall–Kier alpha value is -1.35. The maximum absolute atomic E-state index is 10.3. The van der Waals surface area contributed by atoms with Crippen molar-refractivity contribution in [2.45, 2.75) is 45.6 Å². The fourth-order valence-electron chi connectivity index (χ4n) is 2.08. The van der Waals surface area contributed by atoms with Crippen molar-refractivity contribution in [2.24, 2.45) is 0 Å². The Morgan fingerprint density at radius 1 is 1.28 bits per heavy atom. The number of aryl methyl sites for hydroxylation is 1. The van der Waals surface area contributed by atoms with Gasteiger partial charge in [0.15, 0.2) is 0 Å².